The number of ether oxygens (including phenoxy) is 1. The fourth-order valence-corrected chi connectivity index (χ4v) is 3.43. The van der Waals surface area contributed by atoms with Gasteiger partial charge in [-0.1, -0.05) is 11.2 Å². The van der Waals surface area contributed by atoms with Crippen molar-refractivity contribution in [2.24, 2.45) is 0 Å². The van der Waals surface area contributed by atoms with Crippen LogP contribution >= 0.6 is 11.8 Å². The Morgan fingerprint density at radius 2 is 2.12 bits per heavy atom. The van der Waals surface area contributed by atoms with E-state index < -0.39 is 5.97 Å². The van der Waals surface area contributed by atoms with Crippen LogP contribution in [-0.2, 0) is 17.0 Å². The highest BCUT2D eigenvalue weighted by Gasteiger charge is 2.11. The number of nitrogens with one attached hydrogen (secondary N) is 1. The SMILES string of the molecule is COc1cc(C(=O)O)ccc1CCNC(=O)CSCc1c(C)noc1C. The number of carbonyl (C=O) groups excluding carboxylic acids is 1. The second-order valence-corrected chi connectivity index (χ2v) is 6.71. The number of hydrogen-bond donors (Lipinski definition) is 2. The van der Waals surface area contributed by atoms with Crippen molar-refractivity contribution in [3.8, 4) is 5.75 Å². The van der Waals surface area contributed by atoms with Crippen molar-refractivity contribution in [3.05, 3.63) is 46.3 Å². The van der Waals surface area contributed by atoms with Crippen molar-refractivity contribution >= 4 is 23.6 Å². The maximum absolute atomic E-state index is 11.9. The number of amides is 1. The average Bonchev–Trinajstić information content (AvgIpc) is 2.93. The average molecular weight is 378 g/mol. The predicted octanol–water partition coefficient (Wildman–Crippen LogP) is 2.59. The molecule has 0 bridgehead atoms. The van der Waals surface area contributed by atoms with Crippen LogP contribution in [0.2, 0.25) is 0 Å². The molecule has 26 heavy (non-hydrogen) atoms. The van der Waals surface area contributed by atoms with Crippen LogP contribution in [0.3, 0.4) is 0 Å². The number of benzene rings is 1. The lowest BCUT2D eigenvalue weighted by Crippen LogP contribution is -2.27. The Bertz CT molecular complexity index is 768. The third kappa shape index (κ3) is 5.26. The molecule has 0 aliphatic heterocycles. The minimum absolute atomic E-state index is 0.0529. The third-order valence-electron chi connectivity index (χ3n) is 3.91. The molecule has 7 nitrogen and oxygen atoms in total. The Hall–Kier alpha value is -2.48. The number of methoxy groups -OCH3 is 1. The first-order chi connectivity index (χ1) is 12.4. The molecule has 0 radical (unpaired) electrons. The molecule has 2 rings (SSSR count). The van der Waals surface area contributed by atoms with Crippen molar-refractivity contribution < 1.29 is 24.0 Å². The number of carboxylic acids is 1. The molecule has 0 atom stereocenters. The van der Waals surface area contributed by atoms with Gasteiger partial charge < -0.3 is 19.7 Å². The summed E-state index contributed by atoms with van der Waals surface area (Å²) in [6.45, 7) is 4.20. The summed E-state index contributed by atoms with van der Waals surface area (Å²) in [5, 5.41) is 15.8. The number of rotatable bonds is 9. The Balaban J connectivity index is 1.77. The number of thioether (sulfide) groups is 1. The molecule has 0 saturated heterocycles. The fourth-order valence-electron chi connectivity index (χ4n) is 2.43. The van der Waals surface area contributed by atoms with Gasteiger partial charge in [0.05, 0.1) is 24.1 Å². The molecular weight excluding hydrogens is 356 g/mol. The molecule has 0 saturated carbocycles. The van der Waals surface area contributed by atoms with E-state index in [1.807, 2.05) is 13.8 Å². The van der Waals surface area contributed by atoms with Gasteiger partial charge in [0, 0.05) is 17.9 Å². The summed E-state index contributed by atoms with van der Waals surface area (Å²) in [4.78, 5) is 22.9. The lowest BCUT2D eigenvalue weighted by molar-refractivity contribution is -0.118. The number of carboxylic acid groups (broad SMARTS) is 1. The Labute approximate surface area is 156 Å². The molecule has 0 aliphatic rings. The smallest absolute Gasteiger partial charge is 0.335 e. The zero-order valence-electron chi connectivity index (χ0n) is 15.0. The highest BCUT2D eigenvalue weighted by Crippen LogP contribution is 2.21. The molecular formula is C18H22N2O5S. The van der Waals surface area contributed by atoms with E-state index in [1.165, 1.54) is 31.0 Å². The minimum Gasteiger partial charge on any atom is -0.496 e. The molecule has 0 fully saturated rings. The lowest BCUT2D eigenvalue weighted by Gasteiger charge is -2.10. The van der Waals surface area contributed by atoms with Gasteiger partial charge in [-0.25, -0.2) is 4.79 Å². The van der Waals surface area contributed by atoms with Crippen LogP contribution in [-0.4, -0.2) is 41.5 Å². The molecule has 140 valence electrons. The van der Waals surface area contributed by atoms with Gasteiger partial charge in [0.15, 0.2) is 0 Å². The molecule has 0 unspecified atom stereocenters. The van der Waals surface area contributed by atoms with E-state index in [0.29, 0.717) is 30.2 Å². The Morgan fingerprint density at radius 3 is 2.73 bits per heavy atom. The number of carbonyl (C=O) groups is 2. The van der Waals surface area contributed by atoms with Gasteiger partial charge in [0.25, 0.3) is 0 Å². The van der Waals surface area contributed by atoms with E-state index in [9.17, 15) is 9.59 Å². The number of nitrogens with zero attached hydrogens (tertiary/aromatic N) is 1. The van der Waals surface area contributed by atoms with E-state index >= 15 is 0 Å². The monoisotopic (exact) mass is 378 g/mol. The molecule has 0 aliphatic carbocycles. The van der Waals surface area contributed by atoms with Crippen molar-refractivity contribution in [1.29, 1.82) is 0 Å². The molecule has 8 heteroatoms. The van der Waals surface area contributed by atoms with E-state index in [0.717, 1.165) is 22.6 Å². The highest BCUT2D eigenvalue weighted by atomic mass is 32.2. The van der Waals surface area contributed by atoms with Crippen molar-refractivity contribution in [1.82, 2.24) is 10.5 Å². The highest BCUT2D eigenvalue weighted by molar-refractivity contribution is 7.99. The first kappa shape index (κ1) is 19.8. The Morgan fingerprint density at radius 1 is 1.35 bits per heavy atom. The normalized spacial score (nSPS) is 10.6. The quantitative estimate of drug-likeness (QED) is 0.691. The van der Waals surface area contributed by atoms with Crippen LogP contribution < -0.4 is 10.1 Å². The standard InChI is InChI=1S/C18H22N2O5S/c1-11-15(12(2)25-20-11)9-26-10-17(21)19-7-6-13-4-5-14(18(22)23)8-16(13)24-3/h4-5,8H,6-7,9-10H2,1-3H3,(H,19,21)(H,22,23). The molecule has 1 aromatic heterocycles. The van der Waals surface area contributed by atoms with E-state index in [-0.39, 0.29) is 11.5 Å². The first-order valence-electron chi connectivity index (χ1n) is 8.08. The summed E-state index contributed by atoms with van der Waals surface area (Å²) in [5.74, 6) is 1.26. The lowest BCUT2D eigenvalue weighted by atomic mass is 10.1. The second kappa shape index (κ2) is 9.28. The maximum Gasteiger partial charge on any atom is 0.335 e. The molecule has 2 aromatic rings. The van der Waals surface area contributed by atoms with Gasteiger partial charge in [-0.05, 0) is 38.0 Å². The number of aryl methyl sites for hydroxylation is 2. The summed E-state index contributed by atoms with van der Waals surface area (Å²) in [6.07, 6.45) is 0.559. The van der Waals surface area contributed by atoms with E-state index in [1.54, 1.807) is 6.07 Å². The summed E-state index contributed by atoms with van der Waals surface area (Å²) in [6, 6.07) is 4.72. The fraction of sp³-hybridized carbons (Fsp3) is 0.389. The summed E-state index contributed by atoms with van der Waals surface area (Å²) < 4.78 is 10.3. The third-order valence-corrected chi connectivity index (χ3v) is 4.87. The summed E-state index contributed by atoms with van der Waals surface area (Å²) >= 11 is 1.50. The van der Waals surface area contributed by atoms with Gasteiger partial charge in [-0.2, -0.15) is 0 Å². The molecule has 2 N–H and O–H groups in total. The largest absolute Gasteiger partial charge is 0.496 e. The van der Waals surface area contributed by atoms with Gasteiger partial charge in [-0.15, -0.1) is 11.8 Å². The first-order valence-corrected chi connectivity index (χ1v) is 9.24. The van der Waals surface area contributed by atoms with Crippen LogP contribution in [0.25, 0.3) is 0 Å². The topological polar surface area (TPSA) is 102 Å². The van der Waals surface area contributed by atoms with Crippen molar-refractivity contribution in [3.63, 3.8) is 0 Å². The zero-order chi connectivity index (χ0) is 19.1. The predicted molar refractivity (Wildman–Crippen MR) is 98.8 cm³/mol. The van der Waals surface area contributed by atoms with Gasteiger partial charge in [0.1, 0.15) is 11.5 Å². The van der Waals surface area contributed by atoms with Crippen molar-refractivity contribution in [2.45, 2.75) is 26.0 Å². The van der Waals surface area contributed by atoms with Crippen LogP contribution in [0, 0.1) is 13.8 Å². The number of aromatic nitrogens is 1. The van der Waals surface area contributed by atoms with Gasteiger partial charge in [-0.3, -0.25) is 4.79 Å². The van der Waals surface area contributed by atoms with E-state index in [2.05, 4.69) is 10.5 Å². The van der Waals surface area contributed by atoms with Crippen LogP contribution in [0.1, 0.15) is 32.9 Å². The van der Waals surface area contributed by atoms with Crippen molar-refractivity contribution in [2.75, 3.05) is 19.4 Å². The number of aromatic carboxylic acids is 1. The molecule has 0 spiro atoms. The summed E-state index contributed by atoms with van der Waals surface area (Å²) in [7, 11) is 1.49. The maximum atomic E-state index is 11.9. The number of hydrogen-bond acceptors (Lipinski definition) is 6. The second-order valence-electron chi connectivity index (χ2n) is 5.73. The molecule has 1 amide bonds. The Kier molecular flexibility index (Phi) is 7.08. The zero-order valence-corrected chi connectivity index (χ0v) is 15.8. The van der Waals surface area contributed by atoms with Gasteiger partial charge >= 0.3 is 5.97 Å². The minimum atomic E-state index is -1.00. The molecule has 1 aromatic carbocycles. The van der Waals surface area contributed by atoms with Crippen LogP contribution in [0.15, 0.2) is 22.7 Å². The van der Waals surface area contributed by atoms with Crippen LogP contribution in [0.5, 0.6) is 5.75 Å². The van der Waals surface area contributed by atoms with Crippen LogP contribution in [0.4, 0.5) is 0 Å². The molecule has 1 heterocycles. The summed E-state index contributed by atoms with van der Waals surface area (Å²) in [5.41, 5.74) is 2.91. The van der Waals surface area contributed by atoms with E-state index in [4.69, 9.17) is 14.4 Å². The van der Waals surface area contributed by atoms with Gasteiger partial charge in [0.2, 0.25) is 5.91 Å².